The second-order valence-corrected chi connectivity index (χ2v) is 16.2. The fraction of sp³-hybridized carbons (Fsp3) is 0.531. The smallest absolute Gasteiger partial charge is 0.374 e. The highest BCUT2D eigenvalue weighted by molar-refractivity contribution is 6.34. The summed E-state index contributed by atoms with van der Waals surface area (Å²) in [5.41, 5.74) is -0.120. The highest BCUT2D eigenvalue weighted by atomic mass is 16.6. The predicted octanol–water partition coefficient (Wildman–Crippen LogP) is 6.93. The SMILES string of the molecule is C=C(C)C(=O)OCCOc1cc(-c2ccc(OC(=O)C3CCC(CCCCC)CC3)cc2)ccc1OCC(COC(=O)C(=C)C)(COC(=O)C(=O)CCOC)COC(=O)C(=O)CCOC. The fourth-order valence-electron chi connectivity index (χ4n) is 6.63. The number of carbonyl (C=O) groups is 7. The van der Waals surface area contributed by atoms with E-state index in [1.54, 1.807) is 42.5 Å². The molecule has 0 spiro atoms. The lowest BCUT2D eigenvalue weighted by Crippen LogP contribution is -2.45. The Kier molecular flexibility index (Phi) is 23.1. The molecule has 0 atom stereocenters. The number of hydrogen-bond donors (Lipinski definition) is 0. The maximum absolute atomic E-state index is 13.1. The maximum atomic E-state index is 13.1. The lowest BCUT2D eigenvalue weighted by atomic mass is 9.80. The molecule has 356 valence electrons. The van der Waals surface area contributed by atoms with Gasteiger partial charge in [0.25, 0.3) is 0 Å². The first-order valence-corrected chi connectivity index (χ1v) is 21.9. The Morgan fingerprint density at radius 2 is 1.14 bits per heavy atom. The van der Waals surface area contributed by atoms with E-state index in [9.17, 15) is 33.6 Å². The van der Waals surface area contributed by atoms with Crippen molar-refractivity contribution in [2.75, 3.05) is 67.1 Å². The molecule has 0 heterocycles. The summed E-state index contributed by atoms with van der Waals surface area (Å²) in [7, 11) is 2.71. The normalized spacial score (nSPS) is 14.6. The first-order valence-electron chi connectivity index (χ1n) is 21.9. The molecule has 0 N–H and O–H groups in total. The zero-order valence-electron chi connectivity index (χ0n) is 38.4. The van der Waals surface area contributed by atoms with Crippen LogP contribution in [0.15, 0.2) is 66.8 Å². The summed E-state index contributed by atoms with van der Waals surface area (Å²) in [6, 6.07) is 11.9. The van der Waals surface area contributed by atoms with Crippen molar-refractivity contribution in [3.05, 3.63) is 66.8 Å². The van der Waals surface area contributed by atoms with Crippen LogP contribution in [0.4, 0.5) is 0 Å². The van der Waals surface area contributed by atoms with E-state index in [1.165, 1.54) is 53.8 Å². The van der Waals surface area contributed by atoms with Crippen molar-refractivity contribution in [3.8, 4) is 28.4 Å². The van der Waals surface area contributed by atoms with Gasteiger partial charge in [0.1, 0.15) is 50.8 Å². The van der Waals surface area contributed by atoms with Gasteiger partial charge >= 0.3 is 29.8 Å². The van der Waals surface area contributed by atoms with E-state index < -0.39 is 67.3 Å². The van der Waals surface area contributed by atoms with Crippen molar-refractivity contribution in [3.63, 3.8) is 0 Å². The van der Waals surface area contributed by atoms with Crippen LogP contribution in [0.25, 0.3) is 11.1 Å². The van der Waals surface area contributed by atoms with Crippen molar-refractivity contribution < 1.29 is 76.2 Å². The van der Waals surface area contributed by atoms with Crippen LogP contribution < -0.4 is 14.2 Å². The molecular formula is C49H64O16. The zero-order valence-corrected chi connectivity index (χ0v) is 38.4. The second-order valence-electron chi connectivity index (χ2n) is 16.2. The van der Waals surface area contributed by atoms with Crippen LogP contribution in [0.1, 0.15) is 85.0 Å². The summed E-state index contributed by atoms with van der Waals surface area (Å²) in [6.45, 7) is 9.42. The molecule has 2 aromatic carbocycles. The van der Waals surface area contributed by atoms with Gasteiger partial charge in [0.15, 0.2) is 11.5 Å². The molecule has 0 aliphatic heterocycles. The Morgan fingerprint density at radius 3 is 1.68 bits per heavy atom. The number of unbranched alkanes of at least 4 members (excludes halogenated alkanes) is 2. The van der Waals surface area contributed by atoms with Gasteiger partial charge in [-0.3, -0.25) is 14.4 Å². The fourth-order valence-corrected chi connectivity index (χ4v) is 6.63. The Hall–Kier alpha value is -5.87. The minimum Gasteiger partial charge on any atom is -0.489 e. The van der Waals surface area contributed by atoms with Crippen LogP contribution in [0, 0.1) is 17.3 Å². The first kappa shape index (κ1) is 53.5. The number of ketones is 2. The minimum absolute atomic E-state index is 0.0264. The van der Waals surface area contributed by atoms with Gasteiger partial charge in [0.05, 0.1) is 19.1 Å². The summed E-state index contributed by atoms with van der Waals surface area (Å²) in [5.74, 6) is -4.79. The monoisotopic (exact) mass is 908 g/mol. The zero-order chi connectivity index (χ0) is 47.8. The van der Waals surface area contributed by atoms with Crippen molar-refractivity contribution in [1.29, 1.82) is 0 Å². The van der Waals surface area contributed by atoms with Crippen molar-refractivity contribution in [2.24, 2.45) is 17.3 Å². The van der Waals surface area contributed by atoms with Crippen LogP contribution in [-0.4, -0.2) is 108 Å². The third-order valence-electron chi connectivity index (χ3n) is 10.6. The van der Waals surface area contributed by atoms with E-state index in [4.69, 9.17) is 42.6 Å². The number of methoxy groups -OCH3 is 2. The van der Waals surface area contributed by atoms with Crippen LogP contribution in [0.3, 0.4) is 0 Å². The van der Waals surface area contributed by atoms with Gasteiger partial charge in [0.2, 0.25) is 11.6 Å². The number of carbonyl (C=O) groups excluding carboxylic acids is 7. The van der Waals surface area contributed by atoms with E-state index in [0.717, 1.165) is 31.2 Å². The Balaban J connectivity index is 1.91. The molecule has 1 fully saturated rings. The lowest BCUT2D eigenvalue weighted by molar-refractivity contribution is -0.169. The van der Waals surface area contributed by atoms with Crippen molar-refractivity contribution in [1.82, 2.24) is 0 Å². The van der Waals surface area contributed by atoms with Crippen LogP contribution in [0.5, 0.6) is 17.2 Å². The topological polar surface area (TPSA) is 203 Å². The third-order valence-corrected chi connectivity index (χ3v) is 10.6. The van der Waals surface area contributed by atoms with Gasteiger partial charge in [0, 0.05) is 38.2 Å². The predicted molar refractivity (Wildman–Crippen MR) is 237 cm³/mol. The van der Waals surface area contributed by atoms with E-state index in [0.29, 0.717) is 17.2 Å². The lowest BCUT2D eigenvalue weighted by Gasteiger charge is -2.32. The van der Waals surface area contributed by atoms with E-state index in [1.807, 2.05) is 0 Å². The molecule has 0 saturated heterocycles. The molecule has 1 saturated carbocycles. The number of ether oxygens (including phenoxy) is 9. The molecule has 0 amide bonds. The molecule has 2 aromatic rings. The molecule has 16 heteroatoms. The first-order chi connectivity index (χ1) is 31.1. The van der Waals surface area contributed by atoms with Gasteiger partial charge in [-0.25, -0.2) is 19.2 Å². The van der Waals surface area contributed by atoms with Gasteiger partial charge in [-0.05, 0) is 80.8 Å². The molecule has 1 aliphatic rings. The maximum Gasteiger partial charge on any atom is 0.374 e. The Labute approximate surface area is 381 Å². The largest absolute Gasteiger partial charge is 0.489 e. The van der Waals surface area contributed by atoms with Gasteiger partial charge < -0.3 is 42.6 Å². The summed E-state index contributed by atoms with van der Waals surface area (Å²) < 4.78 is 49.3. The number of hydrogen-bond acceptors (Lipinski definition) is 16. The summed E-state index contributed by atoms with van der Waals surface area (Å²) in [4.78, 5) is 88.4. The molecule has 0 unspecified atom stereocenters. The van der Waals surface area contributed by atoms with E-state index in [-0.39, 0.29) is 73.8 Å². The summed E-state index contributed by atoms with van der Waals surface area (Å²) in [6.07, 6.45) is 7.98. The van der Waals surface area contributed by atoms with Crippen LogP contribution in [-0.2, 0) is 62.0 Å². The third kappa shape index (κ3) is 18.6. The molecule has 0 bridgehead atoms. The number of benzene rings is 2. The average Bonchev–Trinajstić information content (AvgIpc) is 3.30. The molecule has 0 aromatic heterocycles. The standard InChI is InChI=1S/C49H64O16/c1-8-9-10-11-35-12-14-37(15-13-35)46(54)65-39-19-16-36(17-20-39)38-18-21-42(43(28-38)59-26-27-60-44(52)33(2)3)61-29-49(30-62-45(53)34(4)5,31-63-47(55)40(50)22-24-57-6)32-64-48(56)41(51)23-25-58-7/h16-21,28,35,37H,2,4,8-15,22-27,29-32H2,1,3,5-7H3. The highest BCUT2D eigenvalue weighted by Crippen LogP contribution is 2.36. The molecule has 0 radical (unpaired) electrons. The molecule has 65 heavy (non-hydrogen) atoms. The molecule has 16 nitrogen and oxygen atoms in total. The van der Waals surface area contributed by atoms with Crippen LogP contribution in [0.2, 0.25) is 0 Å². The van der Waals surface area contributed by atoms with Crippen molar-refractivity contribution in [2.45, 2.75) is 85.0 Å². The van der Waals surface area contributed by atoms with E-state index >= 15 is 0 Å². The van der Waals surface area contributed by atoms with E-state index in [2.05, 4.69) is 20.1 Å². The van der Waals surface area contributed by atoms with Gasteiger partial charge in [-0.15, -0.1) is 0 Å². The molecule has 1 aliphatic carbocycles. The molecular weight excluding hydrogens is 845 g/mol. The number of esters is 5. The summed E-state index contributed by atoms with van der Waals surface area (Å²) in [5, 5.41) is 0. The Bertz CT molecular complexity index is 1910. The molecule has 3 rings (SSSR count). The van der Waals surface area contributed by atoms with Crippen LogP contribution >= 0.6 is 0 Å². The quantitative estimate of drug-likeness (QED) is 0.0195. The number of Topliss-reactive ketones (excluding diaryl/α,β-unsaturated/α-hetero) is 2. The number of rotatable bonds is 30. The minimum atomic E-state index is -1.71. The van der Waals surface area contributed by atoms with Gasteiger partial charge in [-0.2, -0.15) is 0 Å². The van der Waals surface area contributed by atoms with Gasteiger partial charge in [-0.1, -0.05) is 64.0 Å². The Morgan fingerprint density at radius 1 is 0.600 bits per heavy atom. The second kappa shape index (κ2) is 28.1. The summed E-state index contributed by atoms with van der Waals surface area (Å²) >= 11 is 0. The van der Waals surface area contributed by atoms with Crippen molar-refractivity contribution >= 4 is 41.4 Å². The average molecular weight is 909 g/mol. The highest BCUT2D eigenvalue weighted by Gasteiger charge is 2.39.